The Balaban J connectivity index is 1.91. The van der Waals surface area contributed by atoms with Gasteiger partial charge < -0.3 is 5.32 Å². The Kier molecular flexibility index (Phi) is 4.25. The second kappa shape index (κ2) is 5.99. The third kappa shape index (κ3) is 2.96. The Hall–Kier alpha value is -1.03. The zero-order chi connectivity index (χ0) is 15.0. The summed E-state index contributed by atoms with van der Waals surface area (Å²) >= 11 is 11.4. The Bertz CT molecular complexity index is 797. The average Bonchev–Trinajstić information content (AvgIpc) is 2.81. The van der Waals surface area contributed by atoms with Gasteiger partial charge in [0.2, 0.25) is 0 Å². The molecule has 2 aromatic carbocycles. The summed E-state index contributed by atoms with van der Waals surface area (Å²) in [6.45, 7) is 4.38. The third-order valence-electron chi connectivity index (χ3n) is 3.58. The lowest BCUT2D eigenvalue weighted by Gasteiger charge is -2.15. The highest BCUT2D eigenvalue weighted by Crippen LogP contribution is 2.36. The van der Waals surface area contributed by atoms with E-state index in [-0.39, 0.29) is 6.04 Å². The van der Waals surface area contributed by atoms with Gasteiger partial charge in [0.1, 0.15) is 0 Å². The summed E-state index contributed by atoms with van der Waals surface area (Å²) in [6, 6.07) is 14.8. The molecule has 4 heteroatoms. The predicted octanol–water partition coefficient (Wildman–Crippen LogP) is 6.80. The monoisotopic (exact) mass is 379 g/mol. The second-order valence-corrected chi connectivity index (χ2v) is 7.43. The van der Waals surface area contributed by atoms with Gasteiger partial charge in [0.15, 0.2) is 0 Å². The van der Waals surface area contributed by atoms with E-state index in [1.165, 1.54) is 20.5 Å². The van der Waals surface area contributed by atoms with Crippen molar-refractivity contribution in [2.75, 3.05) is 5.32 Å². The highest BCUT2D eigenvalue weighted by atomic mass is 79.9. The largest absolute Gasteiger partial charge is 0.378 e. The van der Waals surface area contributed by atoms with Crippen molar-refractivity contribution in [3.63, 3.8) is 0 Å². The molecule has 0 saturated carbocycles. The van der Waals surface area contributed by atoms with Crippen LogP contribution in [0.2, 0.25) is 5.02 Å². The maximum atomic E-state index is 6.15. The van der Waals surface area contributed by atoms with Crippen LogP contribution in [0, 0.1) is 6.92 Å². The number of hydrogen-bond acceptors (Lipinski definition) is 2. The zero-order valence-electron chi connectivity index (χ0n) is 11.8. The summed E-state index contributed by atoms with van der Waals surface area (Å²) < 4.78 is 2.26. The number of hydrogen-bond donors (Lipinski definition) is 1. The first-order valence-electron chi connectivity index (χ1n) is 6.76. The number of benzene rings is 2. The van der Waals surface area contributed by atoms with Crippen LogP contribution in [0.4, 0.5) is 5.69 Å². The van der Waals surface area contributed by atoms with Crippen molar-refractivity contribution in [1.29, 1.82) is 0 Å². The van der Waals surface area contributed by atoms with Gasteiger partial charge in [-0.2, -0.15) is 0 Å². The molecule has 0 bridgehead atoms. The van der Waals surface area contributed by atoms with Crippen LogP contribution >= 0.6 is 38.9 Å². The fraction of sp³-hybridized carbons (Fsp3) is 0.176. The molecule has 1 N–H and O–H groups in total. The molecule has 1 unspecified atom stereocenters. The molecule has 0 aliphatic carbocycles. The third-order valence-corrected chi connectivity index (χ3v) is 6.26. The van der Waals surface area contributed by atoms with Gasteiger partial charge in [-0.1, -0.05) is 29.8 Å². The Morgan fingerprint density at radius 1 is 1.19 bits per heavy atom. The van der Waals surface area contributed by atoms with Crippen molar-refractivity contribution in [3.8, 4) is 0 Å². The van der Waals surface area contributed by atoms with Crippen molar-refractivity contribution in [2.24, 2.45) is 0 Å². The molecular formula is C17H15BrClNS. The number of fused-ring (bicyclic) bond motifs is 1. The highest BCUT2D eigenvalue weighted by Gasteiger charge is 2.14. The number of rotatable bonds is 3. The minimum Gasteiger partial charge on any atom is -0.378 e. The molecule has 21 heavy (non-hydrogen) atoms. The standard InChI is InChI=1S/C17H15BrClNS/c1-10-13-5-3-4-6-16(13)21-17(10)11(2)20-12-7-8-14(18)15(19)9-12/h3-9,11,20H,1-2H3. The Morgan fingerprint density at radius 3 is 2.67 bits per heavy atom. The molecule has 0 amide bonds. The topological polar surface area (TPSA) is 12.0 Å². The quantitative estimate of drug-likeness (QED) is 0.527. The van der Waals surface area contributed by atoms with Gasteiger partial charge in [-0.15, -0.1) is 11.3 Å². The summed E-state index contributed by atoms with van der Waals surface area (Å²) in [6.07, 6.45) is 0. The van der Waals surface area contributed by atoms with Crippen molar-refractivity contribution in [3.05, 3.63) is 62.4 Å². The van der Waals surface area contributed by atoms with E-state index in [1.807, 2.05) is 29.5 Å². The number of aryl methyl sites for hydroxylation is 1. The number of nitrogens with one attached hydrogen (secondary N) is 1. The summed E-state index contributed by atoms with van der Waals surface area (Å²) in [5, 5.41) is 5.60. The minimum absolute atomic E-state index is 0.250. The Morgan fingerprint density at radius 2 is 1.95 bits per heavy atom. The summed E-state index contributed by atoms with van der Waals surface area (Å²) in [5.74, 6) is 0. The van der Waals surface area contributed by atoms with E-state index in [2.05, 4.69) is 59.4 Å². The van der Waals surface area contributed by atoms with Crippen LogP contribution in [0.15, 0.2) is 46.9 Å². The van der Waals surface area contributed by atoms with Crippen LogP contribution in [0.1, 0.15) is 23.4 Å². The Labute approximate surface area is 142 Å². The lowest BCUT2D eigenvalue weighted by atomic mass is 10.1. The highest BCUT2D eigenvalue weighted by molar-refractivity contribution is 9.10. The fourth-order valence-corrected chi connectivity index (χ4v) is 4.15. The van der Waals surface area contributed by atoms with Gasteiger partial charge in [-0.05, 0) is 65.0 Å². The number of halogens is 2. The molecule has 1 atom stereocenters. The second-order valence-electron chi connectivity index (χ2n) is 5.08. The van der Waals surface area contributed by atoms with Crippen molar-refractivity contribution >= 4 is 54.6 Å². The van der Waals surface area contributed by atoms with Gasteiger partial charge in [-0.3, -0.25) is 0 Å². The molecule has 1 heterocycles. The first kappa shape index (κ1) is 14.9. The fourth-order valence-electron chi connectivity index (χ4n) is 2.51. The molecule has 0 saturated heterocycles. The van der Waals surface area contributed by atoms with Crippen LogP contribution in [0.5, 0.6) is 0 Å². The van der Waals surface area contributed by atoms with Crippen molar-refractivity contribution in [2.45, 2.75) is 19.9 Å². The molecule has 0 aliphatic heterocycles. The van der Waals surface area contributed by atoms with Gasteiger partial charge in [0.05, 0.1) is 11.1 Å². The lowest BCUT2D eigenvalue weighted by molar-refractivity contribution is 0.900. The first-order chi connectivity index (χ1) is 10.1. The van der Waals surface area contributed by atoms with Crippen LogP contribution < -0.4 is 5.32 Å². The molecule has 3 rings (SSSR count). The summed E-state index contributed by atoms with van der Waals surface area (Å²) in [4.78, 5) is 1.37. The molecule has 1 nitrogen and oxygen atoms in total. The van der Waals surface area contributed by atoms with E-state index < -0.39 is 0 Å². The normalized spacial score (nSPS) is 12.6. The molecule has 0 aliphatic rings. The first-order valence-corrected chi connectivity index (χ1v) is 8.74. The molecular weight excluding hydrogens is 366 g/mol. The number of thiophene rings is 1. The molecule has 1 aromatic heterocycles. The average molecular weight is 381 g/mol. The van der Waals surface area contributed by atoms with Crippen LogP contribution in [0.25, 0.3) is 10.1 Å². The van der Waals surface area contributed by atoms with Gasteiger partial charge in [-0.25, -0.2) is 0 Å². The molecule has 3 aromatic rings. The molecule has 0 fully saturated rings. The molecule has 0 radical (unpaired) electrons. The molecule has 108 valence electrons. The van der Waals surface area contributed by atoms with E-state index in [1.54, 1.807) is 0 Å². The van der Waals surface area contributed by atoms with E-state index in [0.717, 1.165) is 15.2 Å². The zero-order valence-corrected chi connectivity index (χ0v) is 14.9. The van der Waals surface area contributed by atoms with Crippen molar-refractivity contribution < 1.29 is 0 Å². The van der Waals surface area contributed by atoms with Crippen LogP contribution in [0.3, 0.4) is 0 Å². The smallest absolute Gasteiger partial charge is 0.0581 e. The van der Waals surface area contributed by atoms with Crippen LogP contribution in [-0.4, -0.2) is 0 Å². The van der Waals surface area contributed by atoms with E-state index in [0.29, 0.717) is 0 Å². The number of anilines is 1. The van der Waals surface area contributed by atoms with Gasteiger partial charge in [0, 0.05) is 19.7 Å². The van der Waals surface area contributed by atoms with E-state index in [4.69, 9.17) is 11.6 Å². The lowest BCUT2D eigenvalue weighted by Crippen LogP contribution is -2.05. The summed E-state index contributed by atoms with van der Waals surface area (Å²) in [5.41, 5.74) is 2.39. The molecule has 0 spiro atoms. The predicted molar refractivity (Wildman–Crippen MR) is 97.8 cm³/mol. The van der Waals surface area contributed by atoms with Gasteiger partial charge in [0.25, 0.3) is 0 Å². The van der Waals surface area contributed by atoms with Crippen molar-refractivity contribution in [1.82, 2.24) is 0 Å². The maximum Gasteiger partial charge on any atom is 0.0581 e. The van der Waals surface area contributed by atoms with Crippen LogP contribution in [-0.2, 0) is 0 Å². The minimum atomic E-state index is 0.250. The van der Waals surface area contributed by atoms with Gasteiger partial charge >= 0.3 is 0 Å². The summed E-state index contributed by atoms with van der Waals surface area (Å²) in [7, 11) is 0. The van der Waals surface area contributed by atoms with E-state index in [9.17, 15) is 0 Å². The SMILES string of the molecule is Cc1c(C(C)Nc2ccc(Br)c(Cl)c2)sc2ccccc12. The maximum absolute atomic E-state index is 6.15. The van der Waals surface area contributed by atoms with E-state index >= 15 is 0 Å².